The van der Waals surface area contributed by atoms with E-state index >= 15 is 0 Å². The molecule has 6 rings (SSSR count). The molecule has 0 bridgehead atoms. The first kappa shape index (κ1) is 24.4. The Morgan fingerprint density at radius 2 is 1.89 bits per heavy atom. The standard InChI is InChI=1S/C26H24N4O4S.ClH/c31-24-18-5-1-2-6-19(18)25(32)30(24)14-20-23-16(8-10-28-20)4-3-7-21(23)34-17-9-11-29(13-17)26(33)22-12-27-15-35-22;/h1-7,12,15,17,20,28H,8-11,13-14H2;1H/t17?,20-;/m1./s1. The maximum atomic E-state index is 13.0. The van der Waals surface area contributed by atoms with Gasteiger partial charge in [-0.3, -0.25) is 24.3 Å². The van der Waals surface area contributed by atoms with Gasteiger partial charge in [0.15, 0.2) is 0 Å². The van der Waals surface area contributed by atoms with Gasteiger partial charge in [0.05, 0.1) is 35.4 Å². The maximum absolute atomic E-state index is 13.0. The number of hydrogen-bond acceptors (Lipinski definition) is 7. The average Bonchev–Trinajstić information content (AvgIpc) is 3.63. The van der Waals surface area contributed by atoms with Crippen LogP contribution >= 0.6 is 23.7 Å². The van der Waals surface area contributed by atoms with Crippen LogP contribution in [0.25, 0.3) is 0 Å². The summed E-state index contributed by atoms with van der Waals surface area (Å²) in [6.07, 6.45) is 3.06. The molecule has 0 spiro atoms. The fourth-order valence-electron chi connectivity index (χ4n) is 5.20. The van der Waals surface area contributed by atoms with Crippen molar-refractivity contribution in [2.75, 3.05) is 26.2 Å². The number of thiazole rings is 1. The van der Waals surface area contributed by atoms with Gasteiger partial charge in [-0.1, -0.05) is 24.3 Å². The molecule has 1 aromatic heterocycles. The van der Waals surface area contributed by atoms with Gasteiger partial charge in [-0.15, -0.1) is 23.7 Å². The Bertz CT molecular complexity index is 1280. The molecular weight excluding hydrogens is 500 g/mol. The molecule has 3 aliphatic heterocycles. The molecule has 8 nitrogen and oxygen atoms in total. The summed E-state index contributed by atoms with van der Waals surface area (Å²) < 4.78 is 6.45. The molecule has 2 aromatic carbocycles. The zero-order valence-corrected chi connectivity index (χ0v) is 21.0. The van der Waals surface area contributed by atoms with E-state index in [0.717, 1.165) is 36.3 Å². The third-order valence-electron chi connectivity index (χ3n) is 6.90. The smallest absolute Gasteiger partial charge is 0.265 e. The fraction of sp³-hybridized carbons (Fsp3) is 0.308. The van der Waals surface area contributed by atoms with Crippen LogP contribution in [0.2, 0.25) is 0 Å². The second-order valence-electron chi connectivity index (χ2n) is 9.00. The fourth-order valence-corrected chi connectivity index (χ4v) is 5.78. The molecule has 4 heterocycles. The first-order valence-corrected chi connectivity index (χ1v) is 12.6. The van der Waals surface area contributed by atoms with Crippen LogP contribution in [0.1, 0.15) is 54.0 Å². The van der Waals surface area contributed by atoms with Crippen LogP contribution in [0.3, 0.4) is 0 Å². The third kappa shape index (κ3) is 4.27. The van der Waals surface area contributed by atoms with Gasteiger partial charge in [0.2, 0.25) is 0 Å². The molecule has 0 aliphatic carbocycles. The molecule has 3 aromatic rings. The lowest BCUT2D eigenvalue weighted by molar-refractivity contribution is 0.0635. The SMILES string of the molecule is Cl.O=C(c1cncs1)N1CCC(Oc2cccc3c2[C@@H](CN2C(=O)c4ccccc4C2=O)NCC3)C1. The summed E-state index contributed by atoms with van der Waals surface area (Å²) in [6, 6.07) is 12.7. The molecule has 36 heavy (non-hydrogen) atoms. The van der Waals surface area contributed by atoms with Crippen molar-refractivity contribution in [3.63, 3.8) is 0 Å². The number of halogens is 1. The topological polar surface area (TPSA) is 91.8 Å². The molecule has 2 atom stereocenters. The van der Waals surface area contributed by atoms with Gasteiger partial charge in [0, 0.05) is 25.1 Å². The lowest BCUT2D eigenvalue weighted by atomic mass is 9.93. The summed E-state index contributed by atoms with van der Waals surface area (Å²) in [6.45, 7) is 2.13. The van der Waals surface area contributed by atoms with Crippen molar-refractivity contribution in [3.8, 4) is 5.75 Å². The summed E-state index contributed by atoms with van der Waals surface area (Å²) >= 11 is 1.34. The van der Waals surface area contributed by atoms with E-state index < -0.39 is 0 Å². The highest BCUT2D eigenvalue weighted by Gasteiger charge is 2.38. The van der Waals surface area contributed by atoms with Crippen molar-refractivity contribution in [2.24, 2.45) is 0 Å². The number of amides is 3. The van der Waals surface area contributed by atoms with E-state index in [0.29, 0.717) is 29.1 Å². The molecule has 0 radical (unpaired) electrons. The number of rotatable bonds is 5. The van der Waals surface area contributed by atoms with Crippen molar-refractivity contribution in [1.29, 1.82) is 0 Å². The van der Waals surface area contributed by atoms with Crippen molar-refractivity contribution >= 4 is 41.5 Å². The van der Waals surface area contributed by atoms with E-state index in [1.165, 1.54) is 16.2 Å². The van der Waals surface area contributed by atoms with E-state index in [2.05, 4.69) is 16.4 Å². The molecule has 0 saturated carbocycles. The Hall–Kier alpha value is -3.27. The summed E-state index contributed by atoms with van der Waals surface area (Å²) in [5, 5.41) is 3.48. The van der Waals surface area contributed by atoms with Gasteiger partial charge in [-0.05, 0) is 36.7 Å². The van der Waals surface area contributed by atoms with Gasteiger partial charge in [0.1, 0.15) is 16.7 Å². The number of benzene rings is 2. The number of ether oxygens (including phenoxy) is 1. The molecule has 3 aliphatic rings. The molecule has 1 unspecified atom stereocenters. The zero-order chi connectivity index (χ0) is 23.9. The molecule has 1 N–H and O–H groups in total. The Labute approximate surface area is 218 Å². The predicted molar refractivity (Wildman–Crippen MR) is 137 cm³/mol. The average molecular weight is 525 g/mol. The van der Waals surface area contributed by atoms with Gasteiger partial charge < -0.3 is 15.0 Å². The first-order chi connectivity index (χ1) is 17.1. The highest BCUT2D eigenvalue weighted by molar-refractivity contribution is 7.11. The van der Waals surface area contributed by atoms with E-state index in [1.54, 1.807) is 36.0 Å². The maximum Gasteiger partial charge on any atom is 0.265 e. The summed E-state index contributed by atoms with van der Waals surface area (Å²) in [4.78, 5) is 46.4. The second kappa shape index (κ2) is 10.0. The molecule has 1 saturated heterocycles. The van der Waals surface area contributed by atoms with Gasteiger partial charge in [-0.2, -0.15) is 0 Å². The first-order valence-electron chi connectivity index (χ1n) is 11.7. The molecule has 186 valence electrons. The zero-order valence-electron chi connectivity index (χ0n) is 19.4. The van der Waals surface area contributed by atoms with Crippen LogP contribution in [0.4, 0.5) is 0 Å². The third-order valence-corrected chi connectivity index (χ3v) is 7.66. The molecule has 1 fully saturated rings. The number of fused-ring (bicyclic) bond motifs is 2. The number of hydrogen-bond donors (Lipinski definition) is 1. The Kier molecular flexibility index (Phi) is 6.79. The van der Waals surface area contributed by atoms with Crippen molar-refractivity contribution < 1.29 is 19.1 Å². The number of nitrogens with one attached hydrogen (secondary N) is 1. The van der Waals surface area contributed by atoms with Crippen molar-refractivity contribution in [2.45, 2.75) is 25.0 Å². The van der Waals surface area contributed by atoms with E-state index in [1.807, 2.05) is 17.0 Å². The lowest BCUT2D eigenvalue weighted by Gasteiger charge is -2.32. The number of aromatic nitrogens is 1. The largest absolute Gasteiger partial charge is 0.488 e. The van der Waals surface area contributed by atoms with E-state index in [4.69, 9.17) is 4.74 Å². The van der Waals surface area contributed by atoms with E-state index in [9.17, 15) is 14.4 Å². The number of nitrogens with zero attached hydrogens (tertiary/aromatic N) is 3. The second-order valence-corrected chi connectivity index (χ2v) is 9.88. The van der Waals surface area contributed by atoms with Crippen molar-refractivity contribution in [3.05, 3.63) is 81.3 Å². The summed E-state index contributed by atoms with van der Waals surface area (Å²) in [5.41, 5.74) is 4.71. The van der Waals surface area contributed by atoms with Crippen LogP contribution in [0.5, 0.6) is 5.75 Å². The van der Waals surface area contributed by atoms with Crippen molar-refractivity contribution in [1.82, 2.24) is 20.1 Å². The van der Waals surface area contributed by atoms with Crippen LogP contribution in [-0.4, -0.2) is 64.8 Å². The van der Waals surface area contributed by atoms with Crippen LogP contribution in [0.15, 0.2) is 54.2 Å². The Morgan fingerprint density at radius 3 is 2.61 bits per heavy atom. The summed E-state index contributed by atoms with van der Waals surface area (Å²) in [5.74, 6) is 0.212. The van der Waals surface area contributed by atoms with E-state index in [-0.39, 0.29) is 48.8 Å². The number of imide groups is 1. The van der Waals surface area contributed by atoms with Crippen LogP contribution in [-0.2, 0) is 6.42 Å². The molecule has 3 amide bonds. The van der Waals surface area contributed by atoms with Gasteiger partial charge >= 0.3 is 0 Å². The monoisotopic (exact) mass is 524 g/mol. The lowest BCUT2D eigenvalue weighted by Crippen LogP contribution is -2.41. The molecule has 10 heteroatoms. The Balaban J connectivity index is 0.00000267. The van der Waals surface area contributed by atoms with Gasteiger partial charge in [-0.25, -0.2) is 0 Å². The Morgan fingerprint density at radius 1 is 1.11 bits per heavy atom. The van der Waals surface area contributed by atoms with Gasteiger partial charge in [0.25, 0.3) is 17.7 Å². The quantitative estimate of drug-likeness (QED) is 0.515. The summed E-state index contributed by atoms with van der Waals surface area (Å²) in [7, 11) is 0. The number of carbonyl (C=O) groups excluding carboxylic acids is 3. The van der Waals surface area contributed by atoms with Crippen LogP contribution < -0.4 is 10.1 Å². The van der Waals surface area contributed by atoms with Crippen LogP contribution in [0, 0.1) is 0 Å². The minimum Gasteiger partial charge on any atom is -0.488 e. The number of likely N-dealkylation sites (tertiary alicyclic amines) is 1. The minimum atomic E-state index is -0.258. The molecular formula is C26H25ClN4O4S. The highest BCUT2D eigenvalue weighted by atomic mass is 35.5. The number of carbonyl (C=O) groups is 3. The highest BCUT2D eigenvalue weighted by Crippen LogP contribution is 2.35. The predicted octanol–water partition coefficient (Wildman–Crippen LogP) is 3.34. The normalized spacial score (nSPS) is 20.7. The minimum absolute atomic E-state index is 0.